The Hall–Kier alpha value is -2.80. The van der Waals surface area contributed by atoms with E-state index in [0.29, 0.717) is 15.1 Å². The van der Waals surface area contributed by atoms with Crippen LogP contribution in [0.15, 0.2) is 53.6 Å². The van der Waals surface area contributed by atoms with E-state index in [0.717, 1.165) is 28.2 Å². The fourth-order valence-corrected chi connectivity index (χ4v) is 3.52. The average molecular weight is 478 g/mol. The highest BCUT2D eigenvalue weighted by molar-refractivity contribution is 6.35. The van der Waals surface area contributed by atoms with E-state index in [-0.39, 0.29) is 6.54 Å². The number of nitrogens with one attached hydrogen (secondary N) is 2. The highest BCUT2D eigenvalue weighted by Gasteiger charge is 2.14. The summed E-state index contributed by atoms with van der Waals surface area (Å²) in [7, 11) is 0. The zero-order chi connectivity index (χ0) is 22.5. The van der Waals surface area contributed by atoms with Gasteiger partial charge in [0.25, 0.3) is 0 Å². The monoisotopic (exact) mass is 476 g/mol. The first-order valence-electron chi connectivity index (χ1n) is 9.26. The van der Waals surface area contributed by atoms with Crippen LogP contribution < -0.4 is 10.7 Å². The number of hydrogen-bond acceptors (Lipinski definition) is 3. The van der Waals surface area contributed by atoms with Gasteiger partial charge in [0.1, 0.15) is 0 Å². The van der Waals surface area contributed by atoms with Crippen molar-refractivity contribution >= 4 is 52.8 Å². The minimum Gasteiger partial charge on any atom is -0.344 e. The van der Waals surface area contributed by atoms with Gasteiger partial charge in [0.15, 0.2) is 0 Å². The maximum Gasteiger partial charge on any atom is 0.329 e. The van der Waals surface area contributed by atoms with Crippen molar-refractivity contribution in [2.45, 2.75) is 20.4 Å². The molecular formula is C22H19Cl3N4O2. The van der Waals surface area contributed by atoms with Gasteiger partial charge in [-0.05, 0) is 55.8 Å². The molecule has 0 aliphatic heterocycles. The number of halogens is 3. The zero-order valence-electron chi connectivity index (χ0n) is 16.7. The Morgan fingerprint density at radius 1 is 0.968 bits per heavy atom. The lowest BCUT2D eigenvalue weighted by molar-refractivity contribution is -0.139. The minimum absolute atomic E-state index is 0.203. The number of nitrogens with zero attached hydrogens (tertiary/aromatic N) is 2. The first-order valence-corrected chi connectivity index (χ1v) is 10.4. The fourth-order valence-electron chi connectivity index (χ4n) is 3.02. The largest absolute Gasteiger partial charge is 0.344 e. The quantitative estimate of drug-likeness (QED) is 0.314. The van der Waals surface area contributed by atoms with Gasteiger partial charge >= 0.3 is 11.8 Å². The molecule has 0 atom stereocenters. The molecule has 6 nitrogen and oxygen atoms in total. The van der Waals surface area contributed by atoms with Crippen molar-refractivity contribution in [3.05, 3.63) is 86.1 Å². The molecule has 0 unspecified atom stereocenters. The summed E-state index contributed by atoms with van der Waals surface area (Å²) < 4.78 is 1.94. The Bertz CT molecular complexity index is 1150. The molecule has 160 valence electrons. The molecule has 0 aliphatic carbocycles. The number of carbonyl (C=O) groups is 2. The van der Waals surface area contributed by atoms with Crippen LogP contribution in [-0.4, -0.2) is 22.6 Å². The smallest absolute Gasteiger partial charge is 0.329 e. The summed E-state index contributed by atoms with van der Waals surface area (Å²) in [6, 6.07) is 14.1. The van der Waals surface area contributed by atoms with Gasteiger partial charge in [-0.25, -0.2) is 5.43 Å². The third-order valence-electron chi connectivity index (χ3n) is 4.56. The summed E-state index contributed by atoms with van der Waals surface area (Å²) in [4.78, 5) is 23.9. The van der Waals surface area contributed by atoms with Gasteiger partial charge in [-0.2, -0.15) is 5.10 Å². The van der Waals surface area contributed by atoms with Crippen LogP contribution in [0.1, 0.15) is 22.5 Å². The molecule has 0 saturated carbocycles. The van der Waals surface area contributed by atoms with Crippen LogP contribution in [-0.2, 0) is 16.1 Å². The predicted octanol–water partition coefficient (Wildman–Crippen LogP) is 4.82. The van der Waals surface area contributed by atoms with Gasteiger partial charge in [0.2, 0.25) is 0 Å². The molecule has 31 heavy (non-hydrogen) atoms. The molecule has 0 saturated heterocycles. The van der Waals surface area contributed by atoms with Gasteiger partial charge in [-0.15, -0.1) is 0 Å². The molecule has 3 rings (SSSR count). The molecule has 0 fully saturated rings. The van der Waals surface area contributed by atoms with E-state index in [1.165, 1.54) is 6.21 Å². The summed E-state index contributed by atoms with van der Waals surface area (Å²) in [5, 5.41) is 8.15. The number of aryl methyl sites for hydroxylation is 1. The second kappa shape index (κ2) is 10.0. The van der Waals surface area contributed by atoms with Crippen molar-refractivity contribution in [2.75, 3.05) is 0 Å². The zero-order valence-corrected chi connectivity index (χ0v) is 19.0. The maximum atomic E-state index is 12.0. The topological polar surface area (TPSA) is 75.5 Å². The molecule has 0 spiro atoms. The number of aromatic nitrogens is 1. The highest BCUT2D eigenvalue weighted by atomic mass is 35.5. The van der Waals surface area contributed by atoms with Crippen molar-refractivity contribution < 1.29 is 9.59 Å². The molecule has 2 amide bonds. The predicted molar refractivity (Wildman–Crippen MR) is 124 cm³/mol. The van der Waals surface area contributed by atoms with Crippen molar-refractivity contribution in [1.29, 1.82) is 0 Å². The molecule has 1 aromatic heterocycles. The van der Waals surface area contributed by atoms with Gasteiger partial charge in [-0.3, -0.25) is 9.59 Å². The van der Waals surface area contributed by atoms with Gasteiger partial charge < -0.3 is 9.88 Å². The van der Waals surface area contributed by atoms with E-state index in [9.17, 15) is 9.59 Å². The number of benzene rings is 2. The van der Waals surface area contributed by atoms with Crippen LogP contribution in [0.5, 0.6) is 0 Å². The fraction of sp³-hybridized carbons (Fsp3) is 0.136. The number of carbonyl (C=O) groups excluding carboxylic acids is 2. The van der Waals surface area contributed by atoms with E-state index in [1.807, 2.05) is 24.5 Å². The standard InChI is InChI=1S/C22H19Cl3N4O2/c1-13-9-16(14(2)29(13)20-10-18(24)7-8-19(20)25)12-27-28-22(31)21(30)26-11-15-3-5-17(23)6-4-15/h3-10,12H,11H2,1-2H3,(H,26,30)(H,28,31)/b27-12-. The summed E-state index contributed by atoms with van der Waals surface area (Å²) in [5.41, 5.74) is 6.32. The SMILES string of the molecule is Cc1cc(/C=N\NC(=O)C(=O)NCc2ccc(Cl)cc2)c(C)n1-c1cc(Cl)ccc1Cl. The Labute approximate surface area is 194 Å². The van der Waals surface area contributed by atoms with E-state index in [4.69, 9.17) is 34.8 Å². The third kappa shape index (κ3) is 5.67. The summed E-state index contributed by atoms with van der Waals surface area (Å²) in [5.74, 6) is -1.65. The summed E-state index contributed by atoms with van der Waals surface area (Å²) in [6.45, 7) is 4.02. The molecule has 2 N–H and O–H groups in total. The van der Waals surface area contributed by atoms with Crippen LogP contribution in [0.4, 0.5) is 0 Å². The number of rotatable bonds is 5. The lowest BCUT2D eigenvalue weighted by Crippen LogP contribution is -2.37. The lowest BCUT2D eigenvalue weighted by Gasteiger charge is -2.12. The Morgan fingerprint density at radius 3 is 2.35 bits per heavy atom. The summed E-state index contributed by atoms with van der Waals surface area (Å²) >= 11 is 18.3. The number of amides is 2. The van der Waals surface area contributed by atoms with E-state index in [1.54, 1.807) is 42.5 Å². The normalized spacial score (nSPS) is 11.0. The van der Waals surface area contributed by atoms with Crippen molar-refractivity contribution in [3.63, 3.8) is 0 Å². The average Bonchev–Trinajstić information content (AvgIpc) is 3.02. The lowest BCUT2D eigenvalue weighted by atomic mass is 10.2. The Balaban J connectivity index is 1.64. The van der Waals surface area contributed by atoms with Crippen molar-refractivity contribution in [1.82, 2.24) is 15.3 Å². The van der Waals surface area contributed by atoms with E-state index >= 15 is 0 Å². The second-order valence-electron chi connectivity index (χ2n) is 6.77. The molecule has 1 heterocycles. The van der Waals surface area contributed by atoms with Crippen LogP contribution in [0.2, 0.25) is 15.1 Å². The molecule has 2 aromatic carbocycles. The first-order chi connectivity index (χ1) is 14.8. The molecule has 0 aliphatic rings. The number of hydrazone groups is 1. The van der Waals surface area contributed by atoms with Crippen molar-refractivity contribution in [3.8, 4) is 5.69 Å². The maximum absolute atomic E-state index is 12.0. The van der Waals surface area contributed by atoms with Crippen LogP contribution in [0.25, 0.3) is 5.69 Å². The van der Waals surface area contributed by atoms with Crippen LogP contribution in [0.3, 0.4) is 0 Å². The molecular weight excluding hydrogens is 459 g/mol. The van der Waals surface area contributed by atoms with E-state index < -0.39 is 11.8 Å². The molecule has 9 heteroatoms. The van der Waals surface area contributed by atoms with E-state index in [2.05, 4.69) is 15.8 Å². The second-order valence-corrected chi connectivity index (χ2v) is 8.05. The van der Waals surface area contributed by atoms with Crippen LogP contribution >= 0.6 is 34.8 Å². The summed E-state index contributed by atoms with van der Waals surface area (Å²) in [6.07, 6.45) is 1.47. The van der Waals surface area contributed by atoms with Gasteiger partial charge in [0, 0.05) is 33.5 Å². The number of hydrogen-bond donors (Lipinski definition) is 2. The molecule has 0 bridgehead atoms. The van der Waals surface area contributed by atoms with Crippen molar-refractivity contribution in [2.24, 2.45) is 5.10 Å². The van der Waals surface area contributed by atoms with Crippen LogP contribution in [0, 0.1) is 13.8 Å². The Morgan fingerprint density at radius 2 is 1.65 bits per heavy atom. The highest BCUT2D eigenvalue weighted by Crippen LogP contribution is 2.28. The Kier molecular flexibility index (Phi) is 7.38. The molecule has 0 radical (unpaired) electrons. The minimum atomic E-state index is -0.864. The van der Waals surface area contributed by atoms with Gasteiger partial charge in [-0.1, -0.05) is 46.9 Å². The third-order valence-corrected chi connectivity index (χ3v) is 5.37. The van der Waals surface area contributed by atoms with Gasteiger partial charge in [0.05, 0.1) is 16.9 Å². The first kappa shape index (κ1) is 22.9. The molecule has 3 aromatic rings.